The van der Waals surface area contributed by atoms with E-state index in [4.69, 9.17) is 5.73 Å². The summed E-state index contributed by atoms with van der Waals surface area (Å²) < 4.78 is 0. The molecule has 2 aliphatic heterocycles. The number of likely N-dealkylation sites (tertiary alicyclic amines) is 1. The van der Waals surface area contributed by atoms with Gasteiger partial charge >= 0.3 is 0 Å². The van der Waals surface area contributed by atoms with Gasteiger partial charge in [0, 0.05) is 32.2 Å². The molecule has 1 aromatic carbocycles. The Hall–Kier alpha value is -1.72. The number of benzene rings is 1. The summed E-state index contributed by atoms with van der Waals surface area (Å²) in [4.78, 5) is 28.5. The van der Waals surface area contributed by atoms with E-state index in [1.54, 1.807) is 24.3 Å². The van der Waals surface area contributed by atoms with E-state index in [1.807, 2.05) is 0 Å². The van der Waals surface area contributed by atoms with E-state index < -0.39 is 0 Å². The van der Waals surface area contributed by atoms with Crippen molar-refractivity contribution in [2.45, 2.75) is 25.3 Å². The van der Waals surface area contributed by atoms with Crippen LogP contribution in [0.2, 0.25) is 0 Å². The third kappa shape index (κ3) is 2.48. The van der Waals surface area contributed by atoms with Crippen LogP contribution in [0.4, 0.5) is 0 Å². The summed E-state index contributed by atoms with van der Waals surface area (Å²) in [7, 11) is 0. The van der Waals surface area contributed by atoms with Gasteiger partial charge in [-0.3, -0.25) is 14.5 Å². The molecule has 2 amide bonds. The predicted molar refractivity (Wildman–Crippen MR) is 87.1 cm³/mol. The minimum atomic E-state index is -0.154. The molecule has 5 heteroatoms. The molecule has 2 heterocycles. The average Bonchev–Trinajstić information content (AvgIpc) is 3.08. The molecule has 1 saturated heterocycles. The summed E-state index contributed by atoms with van der Waals surface area (Å²) in [5.74, 6) is 0.977. The third-order valence-electron chi connectivity index (χ3n) is 5.75. The Morgan fingerprint density at radius 3 is 2.35 bits per heavy atom. The van der Waals surface area contributed by atoms with Crippen LogP contribution in [0.3, 0.4) is 0 Å². The van der Waals surface area contributed by atoms with Gasteiger partial charge in [-0.05, 0) is 36.8 Å². The van der Waals surface area contributed by atoms with Crippen LogP contribution in [0, 0.1) is 11.8 Å². The third-order valence-corrected chi connectivity index (χ3v) is 5.75. The van der Waals surface area contributed by atoms with Crippen molar-refractivity contribution in [3.8, 4) is 0 Å². The quantitative estimate of drug-likeness (QED) is 0.855. The summed E-state index contributed by atoms with van der Waals surface area (Å²) in [6.45, 7) is 3.29. The Balaban J connectivity index is 1.39. The number of fused-ring (bicyclic) bond motifs is 2. The molecular weight excluding hydrogens is 290 g/mol. The fourth-order valence-corrected chi connectivity index (χ4v) is 4.48. The van der Waals surface area contributed by atoms with E-state index in [9.17, 15) is 9.59 Å². The minimum Gasteiger partial charge on any atom is -0.327 e. The summed E-state index contributed by atoms with van der Waals surface area (Å²) >= 11 is 0. The highest BCUT2D eigenvalue weighted by Gasteiger charge is 2.40. The fourth-order valence-electron chi connectivity index (χ4n) is 4.48. The van der Waals surface area contributed by atoms with Crippen molar-refractivity contribution in [1.29, 1.82) is 0 Å². The molecule has 3 atom stereocenters. The number of rotatable bonds is 3. The molecule has 5 nitrogen and oxygen atoms in total. The van der Waals surface area contributed by atoms with Gasteiger partial charge in [-0.1, -0.05) is 18.6 Å². The van der Waals surface area contributed by atoms with Crippen LogP contribution < -0.4 is 5.73 Å². The van der Waals surface area contributed by atoms with Gasteiger partial charge in [0.2, 0.25) is 0 Å². The fraction of sp³-hybridized carbons (Fsp3) is 0.556. The van der Waals surface area contributed by atoms with E-state index in [-0.39, 0.29) is 11.8 Å². The van der Waals surface area contributed by atoms with Crippen LogP contribution in [0.1, 0.15) is 40.0 Å². The Bertz CT molecular complexity index is 610. The zero-order valence-electron chi connectivity index (χ0n) is 13.3. The summed E-state index contributed by atoms with van der Waals surface area (Å²) in [6.07, 6.45) is 3.63. The van der Waals surface area contributed by atoms with Crippen LogP contribution in [0.15, 0.2) is 24.3 Å². The maximum atomic E-state index is 12.4. The molecular formula is C18H23N3O2. The summed E-state index contributed by atoms with van der Waals surface area (Å²) in [5.41, 5.74) is 7.33. The second-order valence-electron chi connectivity index (χ2n) is 7.09. The first-order valence-corrected chi connectivity index (χ1v) is 8.58. The van der Waals surface area contributed by atoms with Crippen molar-refractivity contribution in [1.82, 2.24) is 9.80 Å². The highest BCUT2D eigenvalue weighted by atomic mass is 16.2. The Morgan fingerprint density at radius 1 is 1.00 bits per heavy atom. The smallest absolute Gasteiger partial charge is 0.261 e. The number of carbonyl (C=O) groups excluding carboxylic acids is 2. The van der Waals surface area contributed by atoms with Crippen molar-refractivity contribution in [3.05, 3.63) is 35.4 Å². The van der Waals surface area contributed by atoms with E-state index in [1.165, 1.54) is 17.7 Å². The Morgan fingerprint density at radius 2 is 1.70 bits per heavy atom. The second-order valence-corrected chi connectivity index (χ2v) is 7.09. The van der Waals surface area contributed by atoms with Crippen LogP contribution in [-0.2, 0) is 0 Å². The van der Waals surface area contributed by atoms with Crippen LogP contribution in [0.5, 0.6) is 0 Å². The van der Waals surface area contributed by atoms with Gasteiger partial charge in [0.1, 0.15) is 0 Å². The van der Waals surface area contributed by atoms with Gasteiger partial charge in [-0.15, -0.1) is 0 Å². The van der Waals surface area contributed by atoms with Crippen molar-refractivity contribution in [2.24, 2.45) is 17.6 Å². The number of amides is 2. The second kappa shape index (κ2) is 5.73. The molecule has 1 aromatic rings. The Labute approximate surface area is 136 Å². The first kappa shape index (κ1) is 14.8. The highest BCUT2D eigenvalue weighted by Crippen LogP contribution is 2.35. The van der Waals surface area contributed by atoms with E-state index in [0.29, 0.717) is 35.5 Å². The largest absolute Gasteiger partial charge is 0.327 e. The van der Waals surface area contributed by atoms with Gasteiger partial charge in [0.25, 0.3) is 11.8 Å². The van der Waals surface area contributed by atoms with Crippen LogP contribution >= 0.6 is 0 Å². The molecule has 3 aliphatic rings. The van der Waals surface area contributed by atoms with Crippen molar-refractivity contribution in [3.63, 3.8) is 0 Å². The molecule has 1 aliphatic carbocycles. The number of hydrogen-bond acceptors (Lipinski definition) is 4. The van der Waals surface area contributed by atoms with E-state index in [2.05, 4.69) is 4.90 Å². The normalized spacial score (nSPS) is 30.7. The van der Waals surface area contributed by atoms with Crippen LogP contribution in [0.25, 0.3) is 0 Å². The van der Waals surface area contributed by atoms with Crippen LogP contribution in [-0.4, -0.2) is 53.8 Å². The Kier molecular flexibility index (Phi) is 3.70. The molecule has 23 heavy (non-hydrogen) atoms. The number of carbonyl (C=O) groups is 2. The lowest BCUT2D eigenvalue weighted by atomic mass is 9.78. The van der Waals surface area contributed by atoms with Gasteiger partial charge in [-0.2, -0.15) is 0 Å². The number of imide groups is 1. The molecule has 2 N–H and O–H groups in total. The topological polar surface area (TPSA) is 66.6 Å². The first-order valence-electron chi connectivity index (χ1n) is 8.58. The molecule has 0 radical (unpaired) electrons. The monoisotopic (exact) mass is 313 g/mol. The molecule has 0 bridgehead atoms. The number of nitrogens with zero attached hydrogens (tertiary/aromatic N) is 2. The molecule has 0 spiro atoms. The zero-order chi connectivity index (χ0) is 16.0. The lowest BCUT2D eigenvalue weighted by molar-refractivity contribution is 0.0639. The van der Waals surface area contributed by atoms with Gasteiger partial charge < -0.3 is 10.6 Å². The van der Waals surface area contributed by atoms with Gasteiger partial charge in [0.05, 0.1) is 11.1 Å². The van der Waals surface area contributed by atoms with E-state index in [0.717, 1.165) is 26.1 Å². The standard InChI is InChI=1S/C18H23N3O2/c19-16-7-3-4-12-10-20(11-15(12)16)8-9-21-17(22)13-5-1-2-6-14(13)18(21)23/h1-2,5-6,12,15-16H,3-4,7-11,19H2. The lowest BCUT2D eigenvalue weighted by Gasteiger charge is -2.29. The van der Waals surface area contributed by atoms with Gasteiger partial charge in [0.15, 0.2) is 0 Å². The van der Waals surface area contributed by atoms with Gasteiger partial charge in [-0.25, -0.2) is 0 Å². The molecule has 1 saturated carbocycles. The summed E-state index contributed by atoms with van der Waals surface area (Å²) in [5, 5.41) is 0. The molecule has 2 fully saturated rings. The van der Waals surface area contributed by atoms with Crippen molar-refractivity contribution in [2.75, 3.05) is 26.2 Å². The maximum Gasteiger partial charge on any atom is 0.261 e. The number of hydrogen-bond donors (Lipinski definition) is 1. The number of nitrogens with two attached hydrogens (primary N) is 1. The zero-order valence-corrected chi connectivity index (χ0v) is 13.3. The predicted octanol–water partition coefficient (Wildman–Crippen LogP) is 1.34. The van der Waals surface area contributed by atoms with E-state index >= 15 is 0 Å². The van der Waals surface area contributed by atoms with Crippen molar-refractivity contribution < 1.29 is 9.59 Å². The molecule has 0 aromatic heterocycles. The molecule has 3 unspecified atom stereocenters. The van der Waals surface area contributed by atoms with Crippen molar-refractivity contribution >= 4 is 11.8 Å². The maximum absolute atomic E-state index is 12.4. The average molecular weight is 313 g/mol. The lowest BCUT2D eigenvalue weighted by Crippen LogP contribution is -2.39. The first-order chi connectivity index (χ1) is 11.1. The molecule has 4 rings (SSSR count). The highest BCUT2D eigenvalue weighted by molar-refractivity contribution is 6.21. The summed E-state index contributed by atoms with van der Waals surface area (Å²) in [6, 6.07) is 7.40. The SMILES string of the molecule is NC1CCCC2CN(CCN3C(=O)c4ccccc4C3=O)CC12. The molecule has 122 valence electrons. The minimum absolute atomic E-state index is 0.154.